The SMILES string of the molecule is COC(=O)c1ccc(C2NC(=O)NC3=C2C(=O)N(CCc2ccccc2)C3)cc1. The molecule has 7 heteroatoms. The second kappa shape index (κ2) is 7.79. The van der Waals surface area contributed by atoms with Gasteiger partial charge in [0, 0.05) is 6.54 Å². The summed E-state index contributed by atoms with van der Waals surface area (Å²) in [4.78, 5) is 38.6. The second-order valence-electron chi connectivity index (χ2n) is 7.00. The highest BCUT2D eigenvalue weighted by molar-refractivity contribution is 6.01. The number of hydrogen-bond donors (Lipinski definition) is 2. The minimum absolute atomic E-state index is 0.0922. The third kappa shape index (κ3) is 3.71. The summed E-state index contributed by atoms with van der Waals surface area (Å²) >= 11 is 0. The topological polar surface area (TPSA) is 87.7 Å². The smallest absolute Gasteiger partial charge is 0.337 e. The normalized spacial score (nSPS) is 18.2. The molecule has 2 aromatic carbocycles. The van der Waals surface area contributed by atoms with Crippen LogP contribution in [0.3, 0.4) is 0 Å². The third-order valence-corrected chi connectivity index (χ3v) is 5.20. The predicted octanol–water partition coefficient (Wildman–Crippen LogP) is 2.17. The monoisotopic (exact) mass is 391 g/mol. The number of hydrogen-bond acceptors (Lipinski definition) is 4. The first-order chi connectivity index (χ1) is 14.1. The van der Waals surface area contributed by atoms with Crippen LogP contribution in [-0.2, 0) is 16.0 Å². The van der Waals surface area contributed by atoms with Crippen LogP contribution < -0.4 is 10.6 Å². The van der Waals surface area contributed by atoms with Crippen LogP contribution in [0, 0.1) is 0 Å². The Hall–Kier alpha value is -3.61. The molecule has 2 N–H and O–H groups in total. The summed E-state index contributed by atoms with van der Waals surface area (Å²) < 4.78 is 4.71. The van der Waals surface area contributed by atoms with Gasteiger partial charge in [-0.3, -0.25) is 4.79 Å². The van der Waals surface area contributed by atoms with E-state index in [1.807, 2.05) is 30.3 Å². The summed E-state index contributed by atoms with van der Waals surface area (Å²) in [5.74, 6) is -0.527. The van der Waals surface area contributed by atoms with E-state index in [0.29, 0.717) is 29.9 Å². The number of amides is 3. The van der Waals surface area contributed by atoms with Crippen molar-refractivity contribution in [2.24, 2.45) is 0 Å². The number of methoxy groups -OCH3 is 1. The highest BCUT2D eigenvalue weighted by Crippen LogP contribution is 2.32. The van der Waals surface area contributed by atoms with Gasteiger partial charge in [0.1, 0.15) is 0 Å². The molecule has 148 valence electrons. The van der Waals surface area contributed by atoms with E-state index in [1.54, 1.807) is 29.2 Å². The van der Waals surface area contributed by atoms with Crippen molar-refractivity contribution in [1.29, 1.82) is 0 Å². The maximum atomic E-state index is 13.1. The zero-order valence-corrected chi connectivity index (χ0v) is 16.0. The molecule has 0 saturated heterocycles. The van der Waals surface area contributed by atoms with Gasteiger partial charge in [-0.15, -0.1) is 0 Å². The van der Waals surface area contributed by atoms with E-state index in [4.69, 9.17) is 4.74 Å². The first kappa shape index (κ1) is 18.7. The molecule has 0 spiro atoms. The van der Waals surface area contributed by atoms with E-state index < -0.39 is 12.0 Å². The van der Waals surface area contributed by atoms with Gasteiger partial charge in [0.2, 0.25) is 0 Å². The van der Waals surface area contributed by atoms with Crippen LogP contribution >= 0.6 is 0 Å². The lowest BCUT2D eigenvalue weighted by Crippen LogP contribution is -2.44. The quantitative estimate of drug-likeness (QED) is 0.765. The molecule has 1 atom stereocenters. The highest BCUT2D eigenvalue weighted by Gasteiger charge is 2.40. The molecule has 29 heavy (non-hydrogen) atoms. The number of esters is 1. The third-order valence-electron chi connectivity index (χ3n) is 5.20. The van der Waals surface area contributed by atoms with Crippen LogP contribution in [-0.4, -0.2) is 43.0 Å². The number of urea groups is 1. The van der Waals surface area contributed by atoms with Gasteiger partial charge in [-0.05, 0) is 29.7 Å². The molecule has 0 radical (unpaired) electrons. The molecule has 0 aromatic heterocycles. The molecule has 2 aliphatic rings. The van der Waals surface area contributed by atoms with E-state index in [2.05, 4.69) is 10.6 Å². The van der Waals surface area contributed by atoms with Crippen LogP contribution in [0.1, 0.15) is 27.5 Å². The van der Waals surface area contributed by atoms with Gasteiger partial charge in [0.25, 0.3) is 5.91 Å². The van der Waals surface area contributed by atoms with E-state index in [9.17, 15) is 14.4 Å². The van der Waals surface area contributed by atoms with E-state index in [-0.39, 0.29) is 11.9 Å². The van der Waals surface area contributed by atoms with Gasteiger partial charge in [0.05, 0.1) is 36.5 Å². The van der Waals surface area contributed by atoms with E-state index in [0.717, 1.165) is 17.5 Å². The lowest BCUT2D eigenvalue weighted by atomic mass is 9.95. The molecule has 4 rings (SSSR count). The summed E-state index contributed by atoms with van der Waals surface area (Å²) in [6, 6.07) is 15.8. The predicted molar refractivity (Wildman–Crippen MR) is 106 cm³/mol. The van der Waals surface area contributed by atoms with Crippen molar-refractivity contribution >= 4 is 17.9 Å². The molecule has 2 heterocycles. The Balaban J connectivity index is 1.54. The first-order valence-corrected chi connectivity index (χ1v) is 9.39. The first-order valence-electron chi connectivity index (χ1n) is 9.39. The number of rotatable bonds is 5. The minimum atomic E-state index is -0.556. The van der Waals surface area contributed by atoms with Gasteiger partial charge in [0.15, 0.2) is 0 Å². The Morgan fingerprint density at radius 1 is 1.10 bits per heavy atom. The van der Waals surface area contributed by atoms with Crippen LogP contribution in [0.25, 0.3) is 0 Å². The molecule has 3 amide bonds. The number of ether oxygens (including phenoxy) is 1. The number of carbonyl (C=O) groups excluding carboxylic acids is 3. The Morgan fingerprint density at radius 3 is 2.52 bits per heavy atom. The largest absolute Gasteiger partial charge is 0.465 e. The standard InChI is InChI=1S/C22H21N3O4/c1-29-21(27)16-9-7-15(8-10-16)19-18-17(23-22(28)24-19)13-25(20(18)26)12-11-14-5-3-2-4-6-14/h2-10,19H,11-13H2,1H3,(H2,23,24,28). The highest BCUT2D eigenvalue weighted by atomic mass is 16.5. The van der Waals surface area contributed by atoms with Gasteiger partial charge < -0.3 is 20.3 Å². The zero-order chi connectivity index (χ0) is 20.4. The number of nitrogens with zero attached hydrogens (tertiary/aromatic N) is 1. The van der Waals surface area contributed by atoms with Gasteiger partial charge >= 0.3 is 12.0 Å². The average Bonchev–Trinajstić information content (AvgIpc) is 3.07. The number of nitrogens with one attached hydrogen (secondary N) is 2. The molecule has 0 saturated carbocycles. The summed E-state index contributed by atoms with van der Waals surface area (Å²) in [6.07, 6.45) is 0.743. The molecule has 0 bridgehead atoms. The Labute approximate surface area is 168 Å². The summed E-state index contributed by atoms with van der Waals surface area (Å²) in [5, 5.41) is 5.59. The molecule has 7 nitrogen and oxygen atoms in total. The zero-order valence-electron chi connectivity index (χ0n) is 16.0. The Morgan fingerprint density at radius 2 is 1.83 bits per heavy atom. The van der Waals surface area contributed by atoms with Crippen molar-refractivity contribution in [3.63, 3.8) is 0 Å². The Kier molecular flexibility index (Phi) is 5.03. The maximum absolute atomic E-state index is 13.1. The molecule has 1 unspecified atom stereocenters. The van der Waals surface area contributed by atoms with E-state index in [1.165, 1.54) is 7.11 Å². The van der Waals surface area contributed by atoms with Crippen LogP contribution in [0.4, 0.5) is 4.79 Å². The van der Waals surface area contributed by atoms with Crippen LogP contribution in [0.15, 0.2) is 65.9 Å². The maximum Gasteiger partial charge on any atom is 0.337 e. The van der Waals surface area contributed by atoms with Crippen LogP contribution in [0.5, 0.6) is 0 Å². The number of benzene rings is 2. The molecule has 0 fully saturated rings. The van der Waals surface area contributed by atoms with Crippen molar-refractivity contribution < 1.29 is 19.1 Å². The van der Waals surface area contributed by atoms with Crippen molar-refractivity contribution in [3.05, 3.63) is 82.6 Å². The molecular weight excluding hydrogens is 370 g/mol. The fourth-order valence-electron chi connectivity index (χ4n) is 3.70. The van der Waals surface area contributed by atoms with Gasteiger partial charge in [-0.25, -0.2) is 9.59 Å². The van der Waals surface area contributed by atoms with Crippen LogP contribution in [0.2, 0.25) is 0 Å². The number of carbonyl (C=O) groups is 3. The van der Waals surface area contributed by atoms with Gasteiger partial charge in [-0.2, -0.15) is 0 Å². The fraction of sp³-hybridized carbons (Fsp3) is 0.227. The average molecular weight is 391 g/mol. The van der Waals surface area contributed by atoms with Gasteiger partial charge in [-0.1, -0.05) is 42.5 Å². The summed E-state index contributed by atoms with van der Waals surface area (Å²) in [7, 11) is 1.32. The van der Waals surface area contributed by atoms with Crippen molar-refractivity contribution in [2.75, 3.05) is 20.2 Å². The van der Waals surface area contributed by atoms with Crippen molar-refractivity contribution in [3.8, 4) is 0 Å². The van der Waals surface area contributed by atoms with Crippen molar-refractivity contribution in [2.45, 2.75) is 12.5 Å². The minimum Gasteiger partial charge on any atom is -0.465 e. The Bertz CT molecular complexity index is 983. The lowest BCUT2D eigenvalue weighted by molar-refractivity contribution is -0.125. The molecule has 2 aliphatic heterocycles. The summed E-state index contributed by atoms with van der Waals surface area (Å²) in [6.45, 7) is 0.949. The fourth-order valence-corrected chi connectivity index (χ4v) is 3.70. The van der Waals surface area contributed by atoms with Crippen molar-refractivity contribution in [1.82, 2.24) is 15.5 Å². The molecule has 0 aliphatic carbocycles. The van der Waals surface area contributed by atoms with E-state index >= 15 is 0 Å². The molecular formula is C22H21N3O4. The second-order valence-corrected chi connectivity index (χ2v) is 7.00. The lowest BCUT2D eigenvalue weighted by Gasteiger charge is -2.25. The summed E-state index contributed by atoms with van der Waals surface area (Å²) in [5.41, 5.74) is 3.48. The molecule has 2 aromatic rings.